The van der Waals surface area contributed by atoms with Crippen molar-refractivity contribution in [1.82, 2.24) is 10.4 Å². The quantitative estimate of drug-likeness (QED) is 0.574. The minimum atomic E-state index is 0.0788. The Morgan fingerprint density at radius 3 is 3.00 bits per heavy atom. The molecule has 1 fully saturated rings. The van der Waals surface area contributed by atoms with Gasteiger partial charge in [0.25, 0.3) is 0 Å². The molecule has 1 rings (SSSR count). The zero-order valence-electron chi connectivity index (χ0n) is 6.71. The number of nitrogens with zero attached hydrogens (tertiary/aromatic N) is 1. The van der Waals surface area contributed by atoms with Gasteiger partial charge in [-0.25, -0.2) is 5.01 Å². The molecule has 4 heteroatoms. The van der Waals surface area contributed by atoms with Crippen molar-refractivity contribution in [1.29, 1.82) is 0 Å². The average Bonchev–Trinajstić information content (AvgIpc) is 2.35. The van der Waals surface area contributed by atoms with E-state index in [0.717, 1.165) is 13.1 Å². The maximum atomic E-state index is 10.7. The van der Waals surface area contributed by atoms with E-state index in [1.165, 1.54) is 0 Å². The van der Waals surface area contributed by atoms with Gasteiger partial charge < -0.3 is 5.11 Å². The van der Waals surface area contributed by atoms with Crippen molar-refractivity contribution < 1.29 is 9.90 Å². The number of amides is 1. The highest BCUT2D eigenvalue weighted by atomic mass is 16.3. The Kier molecular flexibility index (Phi) is 2.84. The summed E-state index contributed by atoms with van der Waals surface area (Å²) < 4.78 is 0. The molecule has 11 heavy (non-hydrogen) atoms. The molecule has 1 amide bonds. The lowest BCUT2D eigenvalue weighted by Gasteiger charge is -2.17. The Bertz CT molecular complexity index is 149. The van der Waals surface area contributed by atoms with Crippen LogP contribution in [0, 0.1) is 5.92 Å². The summed E-state index contributed by atoms with van der Waals surface area (Å²) in [6.45, 7) is 3.63. The fraction of sp³-hybridized carbons (Fsp3) is 0.857. The van der Waals surface area contributed by atoms with Crippen LogP contribution in [0.15, 0.2) is 0 Å². The molecule has 1 aliphatic heterocycles. The van der Waals surface area contributed by atoms with Crippen LogP contribution in [-0.4, -0.2) is 35.7 Å². The molecular weight excluding hydrogens is 144 g/mol. The van der Waals surface area contributed by atoms with Crippen molar-refractivity contribution in [2.24, 2.45) is 5.92 Å². The van der Waals surface area contributed by atoms with Crippen LogP contribution in [0.5, 0.6) is 0 Å². The standard InChI is InChI=1S/C7H14N2O2/c1-6(5-10)4-9-3-2-7(11)8-9/h6,10H,2-5H2,1H3,(H,8,11). The summed E-state index contributed by atoms with van der Waals surface area (Å²) in [4.78, 5) is 10.7. The van der Waals surface area contributed by atoms with Gasteiger partial charge in [-0.15, -0.1) is 0 Å². The number of rotatable bonds is 3. The van der Waals surface area contributed by atoms with Gasteiger partial charge in [-0.05, 0) is 5.92 Å². The van der Waals surface area contributed by atoms with E-state index < -0.39 is 0 Å². The van der Waals surface area contributed by atoms with Crippen LogP contribution in [0.3, 0.4) is 0 Å². The Morgan fingerprint density at radius 1 is 1.82 bits per heavy atom. The lowest BCUT2D eigenvalue weighted by Crippen LogP contribution is -2.37. The summed E-state index contributed by atoms with van der Waals surface area (Å²) >= 11 is 0. The van der Waals surface area contributed by atoms with Gasteiger partial charge in [0.15, 0.2) is 0 Å². The Labute approximate surface area is 66.2 Å². The van der Waals surface area contributed by atoms with Crippen LogP contribution < -0.4 is 5.43 Å². The van der Waals surface area contributed by atoms with Gasteiger partial charge in [-0.2, -0.15) is 0 Å². The van der Waals surface area contributed by atoms with E-state index in [9.17, 15) is 4.79 Å². The molecule has 0 radical (unpaired) electrons. The molecule has 0 aliphatic carbocycles. The highest BCUT2D eigenvalue weighted by molar-refractivity contribution is 5.77. The molecule has 1 atom stereocenters. The van der Waals surface area contributed by atoms with Crippen molar-refractivity contribution >= 4 is 5.91 Å². The molecule has 0 aromatic carbocycles. The first-order chi connectivity index (χ1) is 5.22. The number of carbonyl (C=O) groups is 1. The lowest BCUT2D eigenvalue weighted by molar-refractivity contribution is -0.121. The third-order valence-corrected chi connectivity index (χ3v) is 1.74. The van der Waals surface area contributed by atoms with Gasteiger partial charge >= 0.3 is 0 Å². The van der Waals surface area contributed by atoms with E-state index in [1.807, 2.05) is 11.9 Å². The second kappa shape index (κ2) is 3.69. The summed E-state index contributed by atoms with van der Waals surface area (Å²) in [6, 6.07) is 0. The van der Waals surface area contributed by atoms with Crippen LogP contribution >= 0.6 is 0 Å². The molecule has 0 saturated carbocycles. The summed E-state index contributed by atoms with van der Waals surface area (Å²) in [5.74, 6) is 0.309. The van der Waals surface area contributed by atoms with Crippen LogP contribution in [-0.2, 0) is 4.79 Å². The number of hydrazine groups is 1. The SMILES string of the molecule is CC(CO)CN1CCC(=O)N1. The van der Waals surface area contributed by atoms with E-state index in [4.69, 9.17) is 5.11 Å². The lowest BCUT2D eigenvalue weighted by atomic mass is 10.2. The van der Waals surface area contributed by atoms with Gasteiger partial charge in [0, 0.05) is 26.1 Å². The van der Waals surface area contributed by atoms with Gasteiger partial charge in [0.1, 0.15) is 0 Å². The first-order valence-corrected chi connectivity index (χ1v) is 3.87. The zero-order chi connectivity index (χ0) is 8.27. The van der Waals surface area contributed by atoms with Crippen LogP contribution in [0.2, 0.25) is 0 Å². The van der Waals surface area contributed by atoms with E-state index in [1.54, 1.807) is 0 Å². The summed E-state index contributed by atoms with van der Waals surface area (Å²) in [5.41, 5.74) is 2.70. The summed E-state index contributed by atoms with van der Waals surface area (Å²) in [5, 5.41) is 10.6. The topological polar surface area (TPSA) is 52.6 Å². The van der Waals surface area contributed by atoms with Gasteiger partial charge in [0.2, 0.25) is 5.91 Å². The molecule has 1 heterocycles. The van der Waals surface area contributed by atoms with Crippen LogP contribution in [0.4, 0.5) is 0 Å². The first-order valence-electron chi connectivity index (χ1n) is 3.87. The predicted octanol–water partition coefficient (Wildman–Crippen LogP) is -0.648. The number of hydrogen-bond donors (Lipinski definition) is 2. The van der Waals surface area contributed by atoms with Crippen LogP contribution in [0.1, 0.15) is 13.3 Å². The van der Waals surface area contributed by atoms with E-state index >= 15 is 0 Å². The maximum Gasteiger partial charge on any atom is 0.235 e. The maximum absolute atomic E-state index is 10.7. The molecule has 0 aromatic rings. The smallest absolute Gasteiger partial charge is 0.235 e. The average molecular weight is 158 g/mol. The van der Waals surface area contributed by atoms with Crippen molar-refractivity contribution in [3.05, 3.63) is 0 Å². The number of nitrogens with one attached hydrogen (secondary N) is 1. The number of carbonyl (C=O) groups excluding carboxylic acids is 1. The molecule has 1 aliphatic rings. The fourth-order valence-electron chi connectivity index (χ4n) is 1.10. The second-order valence-corrected chi connectivity index (χ2v) is 3.02. The minimum absolute atomic E-state index is 0.0788. The van der Waals surface area contributed by atoms with Gasteiger partial charge in [-0.1, -0.05) is 6.92 Å². The van der Waals surface area contributed by atoms with Crippen LogP contribution in [0.25, 0.3) is 0 Å². The normalized spacial score (nSPS) is 21.8. The minimum Gasteiger partial charge on any atom is -0.396 e. The Balaban J connectivity index is 2.22. The Hall–Kier alpha value is -0.610. The molecule has 0 spiro atoms. The van der Waals surface area contributed by atoms with Gasteiger partial charge in [-0.3, -0.25) is 10.2 Å². The largest absolute Gasteiger partial charge is 0.396 e. The monoisotopic (exact) mass is 158 g/mol. The van der Waals surface area contributed by atoms with Crippen molar-refractivity contribution in [3.63, 3.8) is 0 Å². The second-order valence-electron chi connectivity index (χ2n) is 3.02. The highest BCUT2D eigenvalue weighted by Crippen LogP contribution is 2.02. The molecule has 0 aromatic heterocycles. The summed E-state index contributed by atoms with van der Waals surface area (Å²) in [7, 11) is 0. The van der Waals surface area contributed by atoms with E-state index in [-0.39, 0.29) is 18.4 Å². The molecule has 1 saturated heterocycles. The number of aliphatic hydroxyl groups is 1. The van der Waals surface area contributed by atoms with E-state index in [0.29, 0.717) is 6.42 Å². The molecule has 4 nitrogen and oxygen atoms in total. The number of aliphatic hydroxyl groups excluding tert-OH is 1. The Morgan fingerprint density at radius 2 is 2.55 bits per heavy atom. The van der Waals surface area contributed by atoms with Crippen molar-refractivity contribution in [2.75, 3.05) is 19.7 Å². The molecule has 0 bridgehead atoms. The number of hydrogen-bond acceptors (Lipinski definition) is 3. The van der Waals surface area contributed by atoms with E-state index in [2.05, 4.69) is 5.43 Å². The highest BCUT2D eigenvalue weighted by Gasteiger charge is 2.19. The zero-order valence-corrected chi connectivity index (χ0v) is 6.71. The van der Waals surface area contributed by atoms with Crippen molar-refractivity contribution in [2.45, 2.75) is 13.3 Å². The third kappa shape index (κ3) is 2.48. The fourth-order valence-corrected chi connectivity index (χ4v) is 1.10. The predicted molar refractivity (Wildman–Crippen MR) is 40.6 cm³/mol. The molecule has 2 N–H and O–H groups in total. The third-order valence-electron chi connectivity index (χ3n) is 1.74. The van der Waals surface area contributed by atoms with Crippen molar-refractivity contribution in [3.8, 4) is 0 Å². The van der Waals surface area contributed by atoms with Gasteiger partial charge in [0.05, 0.1) is 0 Å². The summed E-state index contributed by atoms with van der Waals surface area (Å²) in [6.07, 6.45) is 0.581. The molecular formula is C7H14N2O2. The first kappa shape index (κ1) is 8.49. The molecule has 1 unspecified atom stereocenters. The molecule has 64 valence electrons.